The third-order valence-corrected chi connectivity index (χ3v) is 4.58. The number of nitrogens with zero attached hydrogens (tertiary/aromatic N) is 2. The van der Waals surface area contributed by atoms with Crippen LogP contribution in [-0.4, -0.2) is 21.4 Å². The van der Waals surface area contributed by atoms with E-state index >= 15 is 0 Å². The van der Waals surface area contributed by atoms with E-state index in [9.17, 15) is 5.11 Å². The summed E-state index contributed by atoms with van der Waals surface area (Å²) in [4.78, 5) is 0. The SMILES string of the molecule is Cn1cc(C(O)C2(CN)CCc3ccccc3C2)cn1. The molecule has 0 amide bonds. The number of aromatic nitrogens is 2. The second-order valence-electron chi connectivity index (χ2n) is 5.86. The molecule has 0 fully saturated rings. The molecule has 3 rings (SSSR count). The maximum Gasteiger partial charge on any atom is 0.0891 e. The van der Waals surface area contributed by atoms with E-state index in [-0.39, 0.29) is 5.41 Å². The largest absolute Gasteiger partial charge is 0.388 e. The fourth-order valence-electron chi connectivity index (χ4n) is 3.28. The van der Waals surface area contributed by atoms with Gasteiger partial charge in [-0.05, 0) is 30.4 Å². The van der Waals surface area contributed by atoms with Crippen molar-refractivity contribution in [3.05, 3.63) is 53.3 Å². The third kappa shape index (κ3) is 2.15. The zero-order valence-corrected chi connectivity index (χ0v) is 11.8. The molecular formula is C16H21N3O. The first-order valence-corrected chi connectivity index (χ1v) is 7.08. The molecule has 4 heteroatoms. The van der Waals surface area contributed by atoms with Crippen LogP contribution >= 0.6 is 0 Å². The van der Waals surface area contributed by atoms with Crippen LogP contribution in [0.2, 0.25) is 0 Å². The highest BCUT2D eigenvalue weighted by Crippen LogP contribution is 2.44. The smallest absolute Gasteiger partial charge is 0.0891 e. The molecule has 2 aromatic rings. The van der Waals surface area contributed by atoms with E-state index in [1.54, 1.807) is 10.9 Å². The first-order chi connectivity index (χ1) is 9.64. The number of fused-ring (bicyclic) bond motifs is 1. The van der Waals surface area contributed by atoms with Gasteiger partial charge in [-0.3, -0.25) is 4.68 Å². The minimum Gasteiger partial charge on any atom is -0.388 e. The summed E-state index contributed by atoms with van der Waals surface area (Å²) in [5, 5.41) is 15.0. The van der Waals surface area contributed by atoms with Crippen LogP contribution in [0.3, 0.4) is 0 Å². The molecule has 0 radical (unpaired) electrons. The lowest BCUT2D eigenvalue weighted by Crippen LogP contribution is -2.41. The zero-order chi connectivity index (χ0) is 14.2. The Morgan fingerprint density at radius 1 is 1.40 bits per heavy atom. The minimum absolute atomic E-state index is 0.280. The number of hydrogen-bond acceptors (Lipinski definition) is 3. The van der Waals surface area contributed by atoms with Gasteiger partial charge in [0.05, 0.1) is 12.3 Å². The van der Waals surface area contributed by atoms with E-state index in [0.29, 0.717) is 6.54 Å². The van der Waals surface area contributed by atoms with Crippen molar-refractivity contribution in [3.63, 3.8) is 0 Å². The van der Waals surface area contributed by atoms with Crippen molar-refractivity contribution in [3.8, 4) is 0 Å². The number of rotatable bonds is 3. The molecule has 0 spiro atoms. The van der Waals surface area contributed by atoms with Crippen molar-refractivity contribution in [1.82, 2.24) is 9.78 Å². The Bertz CT molecular complexity index is 607. The highest BCUT2D eigenvalue weighted by molar-refractivity contribution is 5.32. The lowest BCUT2D eigenvalue weighted by atomic mass is 9.67. The molecule has 2 atom stereocenters. The number of benzene rings is 1. The number of aliphatic hydroxyl groups excluding tert-OH is 1. The maximum absolute atomic E-state index is 10.8. The summed E-state index contributed by atoms with van der Waals surface area (Å²) in [5.74, 6) is 0. The molecule has 1 heterocycles. The molecule has 106 valence electrons. The summed E-state index contributed by atoms with van der Waals surface area (Å²) in [7, 11) is 1.86. The molecule has 0 bridgehead atoms. The number of nitrogens with two attached hydrogens (primary N) is 1. The quantitative estimate of drug-likeness (QED) is 0.891. The molecule has 0 aliphatic heterocycles. The van der Waals surface area contributed by atoms with Crippen LogP contribution in [0.25, 0.3) is 0 Å². The van der Waals surface area contributed by atoms with Gasteiger partial charge in [-0.2, -0.15) is 5.10 Å². The molecule has 20 heavy (non-hydrogen) atoms. The Hall–Kier alpha value is -1.65. The molecular weight excluding hydrogens is 250 g/mol. The van der Waals surface area contributed by atoms with Crippen LogP contribution in [0, 0.1) is 5.41 Å². The summed E-state index contributed by atoms with van der Waals surface area (Å²) in [5.41, 5.74) is 9.33. The van der Waals surface area contributed by atoms with Crippen LogP contribution in [0.15, 0.2) is 36.7 Å². The Kier molecular flexibility index (Phi) is 3.36. The number of aryl methyl sites for hydroxylation is 2. The summed E-state index contributed by atoms with van der Waals surface area (Å²) >= 11 is 0. The topological polar surface area (TPSA) is 64.1 Å². The lowest BCUT2D eigenvalue weighted by molar-refractivity contribution is 0.0177. The molecule has 1 aliphatic rings. The lowest BCUT2D eigenvalue weighted by Gasteiger charge is -2.40. The minimum atomic E-state index is -0.561. The van der Waals surface area contributed by atoms with Crippen molar-refractivity contribution < 1.29 is 5.11 Å². The number of aliphatic hydroxyl groups is 1. The first-order valence-electron chi connectivity index (χ1n) is 7.08. The van der Waals surface area contributed by atoms with Gasteiger partial charge in [-0.1, -0.05) is 24.3 Å². The van der Waals surface area contributed by atoms with Gasteiger partial charge in [0.2, 0.25) is 0 Å². The summed E-state index contributed by atoms with van der Waals surface area (Å²) in [6.45, 7) is 0.484. The maximum atomic E-state index is 10.8. The van der Waals surface area contributed by atoms with Gasteiger partial charge < -0.3 is 10.8 Å². The second kappa shape index (κ2) is 5.04. The highest BCUT2D eigenvalue weighted by Gasteiger charge is 2.40. The summed E-state index contributed by atoms with van der Waals surface area (Å²) < 4.78 is 1.72. The van der Waals surface area contributed by atoms with Crippen molar-refractivity contribution in [1.29, 1.82) is 0 Å². The van der Waals surface area contributed by atoms with Crippen molar-refractivity contribution in [2.75, 3.05) is 6.54 Å². The average molecular weight is 271 g/mol. The van der Waals surface area contributed by atoms with Crippen LogP contribution in [0.1, 0.15) is 29.2 Å². The van der Waals surface area contributed by atoms with E-state index in [1.807, 2.05) is 13.2 Å². The molecule has 2 unspecified atom stereocenters. The van der Waals surface area contributed by atoms with Crippen LogP contribution < -0.4 is 5.73 Å². The Labute approximate surface area is 119 Å². The Morgan fingerprint density at radius 3 is 2.80 bits per heavy atom. The standard InChI is InChI=1S/C16H21N3O/c1-19-10-14(9-18-19)15(20)16(11-17)7-6-12-4-2-3-5-13(12)8-16/h2-5,9-10,15,20H,6-8,11,17H2,1H3. The van der Waals surface area contributed by atoms with Crippen LogP contribution in [0.4, 0.5) is 0 Å². The van der Waals surface area contributed by atoms with Gasteiger partial charge in [-0.15, -0.1) is 0 Å². The van der Waals surface area contributed by atoms with Crippen LogP contribution in [-0.2, 0) is 19.9 Å². The van der Waals surface area contributed by atoms with E-state index in [4.69, 9.17) is 5.73 Å². The monoisotopic (exact) mass is 271 g/mol. The van der Waals surface area contributed by atoms with E-state index in [1.165, 1.54) is 11.1 Å². The van der Waals surface area contributed by atoms with Gasteiger partial charge in [0, 0.05) is 30.8 Å². The molecule has 1 aromatic heterocycles. The first kappa shape index (κ1) is 13.3. The van der Waals surface area contributed by atoms with Crippen LogP contribution in [0.5, 0.6) is 0 Å². The molecule has 0 saturated heterocycles. The van der Waals surface area contributed by atoms with E-state index in [2.05, 4.69) is 29.4 Å². The fourth-order valence-corrected chi connectivity index (χ4v) is 3.28. The number of hydrogen-bond donors (Lipinski definition) is 2. The van der Waals surface area contributed by atoms with Crippen molar-refractivity contribution in [2.45, 2.75) is 25.4 Å². The summed E-state index contributed by atoms with van der Waals surface area (Å²) in [6, 6.07) is 8.45. The third-order valence-electron chi connectivity index (χ3n) is 4.58. The zero-order valence-electron chi connectivity index (χ0n) is 11.8. The Morgan fingerprint density at radius 2 is 2.15 bits per heavy atom. The molecule has 3 N–H and O–H groups in total. The molecule has 0 saturated carbocycles. The predicted molar refractivity (Wildman–Crippen MR) is 78.1 cm³/mol. The summed E-state index contributed by atoms with van der Waals surface area (Å²) in [6.07, 6.45) is 5.77. The van der Waals surface area contributed by atoms with Crippen molar-refractivity contribution >= 4 is 0 Å². The van der Waals surface area contributed by atoms with Gasteiger partial charge in [0.25, 0.3) is 0 Å². The molecule has 1 aliphatic carbocycles. The second-order valence-corrected chi connectivity index (χ2v) is 5.86. The van der Waals surface area contributed by atoms with E-state index in [0.717, 1.165) is 24.8 Å². The Balaban J connectivity index is 1.93. The fraction of sp³-hybridized carbons (Fsp3) is 0.438. The normalized spacial score (nSPS) is 23.4. The highest BCUT2D eigenvalue weighted by atomic mass is 16.3. The van der Waals surface area contributed by atoms with Gasteiger partial charge in [0.15, 0.2) is 0 Å². The van der Waals surface area contributed by atoms with Crippen molar-refractivity contribution in [2.24, 2.45) is 18.2 Å². The van der Waals surface area contributed by atoms with Gasteiger partial charge in [0.1, 0.15) is 0 Å². The predicted octanol–water partition coefficient (Wildman–Crippen LogP) is 1.59. The van der Waals surface area contributed by atoms with E-state index < -0.39 is 6.10 Å². The van der Waals surface area contributed by atoms with Gasteiger partial charge in [-0.25, -0.2) is 0 Å². The molecule has 1 aromatic carbocycles. The van der Waals surface area contributed by atoms with Gasteiger partial charge >= 0.3 is 0 Å². The molecule has 4 nitrogen and oxygen atoms in total. The average Bonchev–Trinajstić information content (AvgIpc) is 2.92.